The third-order valence-corrected chi connectivity index (χ3v) is 4.92. The van der Waals surface area contributed by atoms with Crippen LogP contribution in [0.2, 0.25) is 0 Å². The van der Waals surface area contributed by atoms with Crippen LogP contribution >= 0.6 is 0 Å². The molecule has 0 bridgehead atoms. The van der Waals surface area contributed by atoms with Crippen molar-refractivity contribution >= 4 is 5.78 Å². The minimum atomic E-state index is 0.243. The molecule has 0 fully saturated rings. The van der Waals surface area contributed by atoms with Gasteiger partial charge < -0.3 is 9.53 Å². The van der Waals surface area contributed by atoms with Crippen LogP contribution < -0.4 is 4.74 Å². The lowest BCUT2D eigenvalue weighted by Gasteiger charge is -2.18. The highest BCUT2D eigenvalue weighted by molar-refractivity contribution is 5.75. The third kappa shape index (κ3) is 12.4. The lowest BCUT2D eigenvalue weighted by atomic mass is 10.0. The van der Waals surface area contributed by atoms with Gasteiger partial charge in [0, 0.05) is 12.8 Å². The molecule has 2 heteroatoms. The maximum absolute atomic E-state index is 11.1. The summed E-state index contributed by atoms with van der Waals surface area (Å²) in [5, 5.41) is 0. The van der Waals surface area contributed by atoms with Gasteiger partial charge in [-0.2, -0.15) is 0 Å². The topological polar surface area (TPSA) is 26.3 Å². The molecule has 0 aliphatic rings. The normalized spacial score (nSPS) is 12.4. The van der Waals surface area contributed by atoms with Crippen LogP contribution in [0.15, 0.2) is 36.4 Å². The molecule has 2 nitrogen and oxygen atoms in total. The van der Waals surface area contributed by atoms with Gasteiger partial charge in [-0.1, -0.05) is 76.7 Å². The van der Waals surface area contributed by atoms with E-state index >= 15 is 0 Å². The molecule has 0 amide bonds. The van der Waals surface area contributed by atoms with Crippen LogP contribution in [0.3, 0.4) is 0 Å². The summed E-state index contributed by atoms with van der Waals surface area (Å²) < 4.78 is 6.27. The van der Waals surface area contributed by atoms with E-state index < -0.39 is 0 Å². The molecular formula is C25H40O2. The van der Waals surface area contributed by atoms with E-state index in [1.54, 1.807) is 6.92 Å². The Morgan fingerprint density at radius 1 is 0.963 bits per heavy atom. The number of unbranched alkanes of at least 4 members (excludes halogenated alkanes) is 6. The molecule has 0 aliphatic carbocycles. The Morgan fingerprint density at radius 2 is 1.63 bits per heavy atom. The molecule has 1 aromatic rings. The van der Waals surface area contributed by atoms with E-state index in [1.807, 2.05) is 0 Å². The number of rotatable bonds is 16. The number of hydrogen-bond donors (Lipinski definition) is 0. The first-order valence-electron chi connectivity index (χ1n) is 11.1. The third-order valence-electron chi connectivity index (χ3n) is 4.92. The highest BCUT2D eigenvalue weighted by Gasteiger charge is 2.09. The summed E-state index contributed by atoms with van der Waals surface area (Å²) >= 11 is 0. The number of benzene rings is 1. The average Bonchev–Trinajstić information content (AvgIpc) is 2.66. The van der Waals surface area contributed by atoms with Crippen molar-refractivity contribution in [2.75, 3.05) is 0 Å². The monoisotopic (exact) mass is 372 g/mol. The standard InChI is InChI=1S/C25H40O2/c1-4-6-8-9-10-11-13-15-24(14-12-7-5-2)27-25-20-18-23(19-21-25)17-16-22(3)26/h7,12,18-21,24H,4-6,8-11,13-17H2,1-3H3. The minimum Gasteiger partial charge on any atom is -0.490 e. The lowest BCUT2D eigenvalue weighted by molar-refractivity contribution is -0.116. The van der Waals surface area contributed by atoms with Crippen molar-refractivity contribution < 1.29 is 9.53 Å². The first-order valence-corrected chi connectivity index (χ1v) is 11.1. The summed E-state index contributed by atoms with van der Waals surface area (Å²) in [7, 11) is 0. The molecule has 0 saturated heterocycles. The summed E-state index contributed by atoms with van der Waals surface area (Å²) in [4.78, 5) is 11.1. The zero-order valence-electron chi connectivity index (χ0n) is 17.8. The van der Waals surface area contributed by atoms with Crippen molar-refractivity contribution in [1.29, 1.82) is 0 Å². The van der Waals surface area contributed by atoms with Gasteiger partial charge in [0.1, 0.15) is 17.6 Å². The molecule has 0 radical (unpaired) electrons. The van der Waals surface area contributed by atoms with Gasteiger partial charge in [-0.15, -0.1) is 0 Å². The summed E-state index contributed by atoms with van der Waals surface area (Å²) in [5.74, 6) is 1.19. The minimum absolute atomic E-state index is 0.243. The molecule has 0 spiro atoms. The second-order valence-electron chi connectivity index (χ2n) is 7.61. The molecule has 1 aromatic carbocycles. The van der Waals surface area contributed by atoms with E-state index in [2.05, 4.69) is 50.3 Å². The molecule has 1 rings (SSSR count). The van der Waals surface area contributed by atoms with Crippen molar-refractivity contribution in [3.05, 3.63) is 42.0 Å². The number of aryl methyl sites for hydroxylation is 1. The van der Waals surface area contributed by atoms with E-state index in [1.165, 1.54) is 50.5 Å². The van der Waals surface area contributed by atoms with Crippen LogP contribution in [0.4, 0.5) is 0 Å². The largest absolute Gasteiger partial charge is 0.490 e. The second-order valence-corrected chi connectivity index (χ2v) is 7.61. The van der Waals surface area contributed by atoms with Crippen molar-refractivity contribution in [2.24, 2.45) is 0 Å². The molecule has 1 atom stereocenters. The van der Waals surface area contributed by atoms with E-state index in [0.29, 0.717) is 6.42 Å². The Bertz CT molecular complexity index is 516. The fourth-order valence-corrected chi connectivity index (χ4v) is 3.22. The Kier molecular flexibility index (Phi) is 13.5. The van der Waals surface area contributed by atoms with Crippen LogP contribution in [0.1, 0.15) is 97.0 Å². The lowest BCUT2D eigenvalue weighted by Crippen LogP contribution is -2.15. The fraction of sp³-hybridized carbons (Fsp3) is 0.640. The summed E-state index contributed by atoms with van der Waals surface area (Å²) in [5.41, 5.74) is 1.20. The zero-order valence-corrected chi connectivity index (χ0v) is 17.8. The van der Waals surface area contributed by atoms with Crippen molar-refractivity contribution in [3.63, 3.8) is 0 Å². The van der Waals surface area contributed by atoms with Gasteiger partial charge in [-0.05, 0) is 50.3 Å². The van der Waals surface area contributed by atoms with Crippen molar-refractivity contribution in [1.82, 2.24) is 0 Å². The predicted molar refractivity (Wildman–Crippen MR) is 117 cm³/mol. The highest BCUT2D eigenvalue weighted by Crippen LogP contribution is 2.20. The van der Waals surface area contributed by atoms with Crippen molar-refractivity contribution in [3.8, 4) is 5.75 Å². The van der Waals surface area contributed by atoms with Gasteiger partial charge in [-0.25, -0.2) is 0 Å². The van der Waals surface area contributed by atoms with Gasteiger partial charge in [0.15, 0.2) is 0 Å². The quantitative estimate of drug-likeness (QED) is 0.222. The molecule has 0 heterocycles. The Balaban J connectivity index is 2.43. The van der Waals surface area contributed by atoms with E-state index in [-0.39, 0.29) is 11.9 Å². The van der Waals surface area contributed by atoms with E-state index in [9.17, 15) is 4.79 Å². The number of hydrogen-bond acceptors (Lipinski definition) is 2. The van der Waals surface area contributed by atoms with Gasteiger partial charge in [0.05, 0.1) is 0 Å². The second kappa shape index (κ2) is 15.5. The highest BCUT2D eigenvalue weighted by atomic mass is 16.5. The molecule has 0 aliphatic heterocycles. The molecule has 152 valence electrons. The average molecular weight is 373 g/mol. The van der Waals surface area contributed by atoms with Crippen LogP contribution in [0.5, 0.6) is 5.75 Å². The number of ketones is 1. The summed E-state index contributed by atoms with van der Waals surface area (Å²) in [6.07, 6.45) is 18.7. The van der Waals surface area contributed by atoms with Crippen LogP contribution in [-0.4, -0.2) is 11.9 Å². The molecule has 0 saturated carbocycles. The van der Waals surface area contributed by atoms with Gasteiger partial charge >= 0.3 is 0 Å². The number of Topliss-reactive ketones (excluding diaryl/α,β-unsaturated/α-hetero) is 1. The first-order chi connectivity index (χ1) is 13.2. The van der Waals surface area contributed by atoms with Gasteiger partial charge in [0.2, 0.25) is 0 Å². The number of carbonyl (C=O) groups excluding carboxylic acids is 1. The van der Waals surface area contributed by atoms with E-state index in [0.717, 1.165) is 31.4 Å². The van der Waals surface area contributed by atoms with Gasteiger partial charge in [-0.3, -0.25) is 0 Å². The zero-order chi connectivity index (χ0) is 19.7. The molecular weight excluding hydrogens is 332 g/mol. The Morgan fingerprint density at radius 3 is 2.26 bits per heavy atom. The predicted octanol–water partition coefficient (Wildman–Crippen LogP) is 7.45. The summed E-state index contributed by atoms with van der Waals surface area (Å²) in [6.45, 7) is 6.08. The van der Waals surface area contributed by atoms with E-state index in [4.69, 9.17) is 4.74 Å². The molecule has 0 aromatic heterocycles. The Labute approximate surface area is 167 Å². The molecule has 0 N–H and O–H groups in total. The van der Waals surface area contributed by atoms with Crippen LogP contribution in [0.25, 0.3) is 0 Å². The molecule has 27 heavy (non-hydrogen) atoms. The molecule has 1 unspecified atom stereocenters. The number of allylic oxidation sites excluding steroid dienone is 1. The first kappa shape index (κ1) is 23.5. The Hall–Kier alpha value is -1.57. The number of carbonyl (C=O) groups is 1. The maximum atomic E-state index is 11.1. The number of ether oxygens (including phenoxy) is 1. The van der Waals surface area contributed by atoms with Crippen molar-refractivity contribution in [2.45, 2.75) is 104 Å². The SMILES string of the molecule is CCC=CCC(CCCCCCCCC)Oc1ccc(CCC(C)=O)cc1. The van der Waals surface area contributed by atoms with Crippen LogP contribution in [0, 0.1) is 0 Å². The van der Waals surface area contributed by atoms with Gasteiger partial charge in [0.25, 0.3) is 0 Å². The fourth-order valence-electron chi connectivity index (χ4n) is 3.22. The summed E-state index contributed by atoms with van der Waals surface area (Å²) in [6, 6.07) is 8.28. The maximum Gasteiger partial charge on any atom is 0.130 e. The van der Waals surface area contributed by atoms with Crippen LogP contribution in [-0.2, 0) is 11.2 Å². The smallest absolute Gasteiger partial charge is 0.130 e.